The van der Waals surface area contributed by atoms with Gasteiger partial charge in [-0.3, -0.25) is 0 Å². The number of hydrogen-bond donors (Lipinski definition) is 0. The highest BCUT2D eigenvalue weighted by Crippen LogP contribution is 2.27. The molecular formula is C11H17ClIN3. The lowest BCUT2D eigenvalue weighted by molar-refractivity contribution is 0.768. The summed E-state index contributed by atoms with van der Waals surface area (Å²) in [7, 11) is 0. The van der Waals surface area contributed by atoms with Crippen molar-refractivity contribution in [2.75, 3.05) is 18.0 Å². The van der Waals surface area contributed by atoms with Crippen molar-refractivity contribution in [3.8, 4) is 0 Å². The Bertz CT molecular complexity index is 364. The van der Waals surface area contributed by atoms with Crippen LogP contribution >= 0.6 is 34.2 Å². The molecule has 0 aromatic carbocycles. The van der Waals surface area contributed by atoms with Crippen LogP contribution in [0.25, 0.3) is 0 Å². The van der Waals surface area contributed by atoms with E-state index in [1.807, 2.05) is 0 Å². The Balaban J connectivity index is 3.23. The maximum atomic E-state index is 6.14. The van der Waals surface area contributed by atoms with Gasteiger partial charge in [-0.05, 0) is 42.4 Å². The first kappa shape index (κ1) is 14.0. The van der Waals surface area contributed by atoms with E-state index < -0.39 is 0 Å². The highest BCUT2D eigenvalue weighted by molar-refractivity contribution is 14.1. The van der Waals surface area contributed by atoms with Crippen LogP contribution in [0.2, 0.25) is 5.15 Å². The predicted molar refractivity (Wildman–Crippen MR) is 77.4 cm³/mol. The molecule has 90 valence electrons. The number of hydrogen-bond acceptors (Lipinski definition) is 3. The summed E-state index contributed by atoms with van der Waals surface area (Å²) in [6.07, 6.45) is 0. The minimum Gasteiger partial charge on any atom is -0.341 e. The van der Waals surface area contributed by atoms with Gasteiger partial charge in [-0.15, -0.1) is 0 Å². The van der Waals surface area contributed by atoms with E-state index in [9.17, 15) is 0 Å². The van der Waals surface area contributed by atoms with Crippen LogP contribution in [-0.2, 0) is 0 Å². The smallest absolute Gasteiger partial charge is 0.227 e. The van der Waals surface area contributed by atoms with Crippen LogP contribution < -0.4 is 4.90 Å². The summed E-state index contributed by atoms with van der Waals surface area (Å²) in [5.74, 6) is 1.10. The van der Waals surface area contributed by atoms with E-state index in [0.29, 0.717) is 11.1 Å². The Morgan fingerprint density at radius 1 is 1.25 bits per heavy atom. The molecule has 5 heteroatoms. The fraction of sp³-hybridized carbons (Fsp3) is 0.636. The van der Waals surface area contributed by atoms with Crippen LogP contribution in [0.4, 0.5) is 5.95 Å². The van der Waals surface area contributed by atoms with Crippen LogP contribution in [0.3, 0.4) is 0 Å². The normalized spacial score (nSPS) is 10.9. The molecule has 0 spiro atoms. The van der Waals surface area contributed by atoms with Gasteiger partial charge in [0.25, 0.3) is 0 Å². The highest BCUT2D eigenvalue weighted by Gasteiger charge is 2.15. The van der Waals surface area contributed by atoms with E-state index in [0.717, 1.165) is 28.3 Å². The van der Waals surface area contributed by atoms with Gasteiger partial charge in [0.05, 0.1) is 9.26 Å². The van der Waals surface area contributed by atoms with Gasteiger partial charge in [0, 0.05) is 13.1 Å². The molecule has 0 atom stereocenters. The Labute approximate surface area is 116 Å². The zero-order valence-electron chi connectivity index (χ0n) is 10.1. The van der Waals surface area contributed by atoms with Gasteiger partial charge in [0.15, 0.2) is 0 Å². The van der Waals surface area contributed by atoms with Crippen LogP contribution in [0.5, 0.6) is 0 Å². The monoisotopic (exact) mass is 353 g/mol. The van der Waals surface area contributed by atoms with Gasteiger partial charge in [-0.2, -0.15) is 4.98 Å². The maximum Gasteiger partial charge on any atom is 0.227 e. The standard InChI is InChI=1S/C11H17ClIN3/c1-5-16(6-2)11-14-9(7(3)4)8(13)10(12)15-11/h7H,5-6H2,1-4H3. The third-order valence-corrected chi connectivity index (χ3v) is 4.07. The van der Waals surface area contributed by atoms with E-state index in [4.69, 9.17) is 11.6 Å². The zero-order valence-corrected chi connectivity index (χ0v) is 13.0. The first-order valence-corrected chi connectivity index (χ1v) is 6.94. The fourth-order valence-electron chi connectivity index (χ4n) is 1.45. The van der Waals surface area contributed by atoms with Gasteiger partial charge in [0.1, 0.15) is 5.15 Å². The first-order valence-electron chi connectivity index (χ1n) is 5.49. The van der Waals surface area contributed by atoms with Crippen LogP contribution in [-0.4, -0.2) is 23.1 Å². The van der Waals surface area contributed by atoms with Gasteiger partial charge in [-0.25, -0.2) is 4.98 Å². The van der Waals surface area contributed by atoms with Crippen LogP contribution in [0.15, 0.2) is 0 Å². The summed E-state index contributed by atoms with van der Waals surface area (Å²) in [5.41, 5.74) is 1.03. The molecule has 0 radical (unpaired) electrons. The molecule has 0 amide bonds. The van der Waals surface area contributed by atoms with Crippen molar-refractivity contribution < 1.29 is 0 Å². The molecule has 0 aliphatic carbocycles. The predicted octanol–water partition coefficient (Wildman–Crippen LogP) is 3.70. The first-order chi connectivity index (χ1) is 7.51. The minimum absolute atomic E-state index is 0.363. The average Bonchev–Trinajstić information content (AvgIpc) is 2.24. The summed E-state index contributed by atoms with van der Waals surface area (Å²) in [5, 5.41) is 0.557. The number of aromatic nitrogens is 2. The van der Waals surface area contributed by atoms with Gasteiger partial charge in [-0.1, -0.05) is 25.4 Å². The number of rotatable bonds is 4. The van der Waals surface area contributed by atoms with Crippen molar-refractivity contribution in [2.24, 2.45) is 0 Å². The van der Waals surface area contributed by atoms with Gasteiger partial charge >= 0.3 is 0 Å². The molecule has 1 heterocycles. The van der Waals surface area contributed by atoms with Crippen molar-refractivity contribution in [1.29, 1.82) is 0 Å². The van der Waals surface area contributed by atoms with Crippen LogP contribution in [0.1, 0.15) is 39.3 Å². The third kappa shape index (κ3) is 2.97. The van der Waals surface area contributed by atoms with Crippen molar-refractivity contribution in [3.63, 3.8) is 0 Å². The average molecular weight is 354 g/mol. The fourth-order valence-corrected chi connectivity index (χ4v) is 2.49. The number of halogens is 2. The number of anilines is 1. The largest absolute Gasteiger partial charge is 0.341 e. The Kier molecular flexibility index (Phi) is 5.24. The molecular weight excluding hydrogens is 336 g/mol. The molecule has 3 nitrogen and oxygen atoms in total. The molecule has 0 aliphatic heterocycles. The van der Waals surface area contributed by atoms with Gasteiger partial charge < -0.3 is 4.90 Å². The summed E-state index contributed by atoms with van der Waals surface area (Å²) in [6, 6.07) is 0. The second-order valence-electron chi connectivity index (χ2n) is 3.84. The quantitative estimate of drug-likeness (QED) is 0.610. The van der Waals surface area contributed by atoms with Crippen molar-refractivity contribution in [3.05, 3.63) is 14.4 Å². The molecule has 1 aromatic heterocycles. The van der Waals surface area contributed by atoms with E-state index >= 15 is 0 Å². The maximum absolute atomic E-state index is 6.14. The molecule has 1 aromatic rings. The van der Waals surface area contributed by atoms with Crippen molar-refractivity contribution in [1.82, 2.24) is 9.97 Å². The van der Waals surface area contributed by atoms with E-state index in [2.05, 4.69) is 65.2 Å². The topological polar surface area (TPSA) is 29.0 Å². The molecule has 16 heavy (non-hydrogen) atoms. The second kappa shape index (κ2) is 6.00. The molecule has 0 N–H and O–H groups in total. The lowest BCUT2D eigenvalue weighted by Gasteiger charge is -2.20. The lowest BCUT2D eigenvalue weighted by atomic mass is 10.1. The molecule has 1 rings (SSSR count). The third-order valence-electron chi connectivity index (χ3n) is 2.42. The second-order valence-corrected chi connectivity index (χ2v) is 5.28. The number of nitrogens with zero attached hydrogens (tertiary/aromatic N) is 3. The lowest BCUT2D eigenvalue weighted by Crippen LogP contribution is -2.25. The van der Waals surface area contributed by atoms with E-state index in [1.165, 1.54) is 0 Å². The van der Waals surface area contributed by atoms with E-state index in [1.54, 1.807) is 0 Å². The van der Waals surface area contributed by atoms with Crippen LogP contribution in [0, 0.1) is 3.57 Å². The zero-order chi connectivity index (χ0) is 12.3. The summed E-state index contributed by atoms with van der Waals surface area (Å²) in [4.78, 5) is 11.0. The Morgan fingerprint density at radius 2 is 1.81 bits per heavy atom. The minimum atomic E-state index is 0.363. The van der Waals surface area contributed by atoms with Gasteiger partial charge in [0.2, 0.25) is 5.95 Å². The highest BCUT2D eigenvalue weighted by atomic mass is 127. The summed E-state index contributed by atoms with van der Waals surface area (Å²) < 4.78 is 0.963. The molecule has 0 aliphatic rings. The van der Waals surface area contributed by atoms with E-state index in [-0.39, 0.29) is 0 Å². The molecule has 0 fully saturated rings. The molecule has 0 saturated heterocycles. The molecule has 0 saturated carbocycles. The Morgan fingerprint density at radius 3 is 2.25 bits per heavy atom. The molecule has 0 bridgehead atoms. The summed E-state index contributed by atoms with van der Waals surface area (Å²) in [6.45, 7) is 10.2. The SMILES string of the molecule is CCN(CC)c1nc(Cl)c(I)c(C(C)C)n1. The van der Waals surface area contributed by atoms with Crippen molar-refractivity contribution in [2.45, 2.75) is 33.6 Å². The Hall–Kier alpha value is -0.100. The molecule has 0 unspecified atom stereocenters. The summed E-state index contributed by atoms with van der Waals surface area (Å²) >= 11 is 8.34. The van der Waals surface area contributed by atoms with Crippen molar-refractivity contribution >= 4 is 40.1 Å².